The monoisotopic (exact) mass is 443 g/mol. The summed E-state index contributed by atoms with van der Waals surface area (Å²) in [5.74, 6) is -0.977. The molecule has 1 aliphatic rings. The summed E-state index contributed by atoms with van der Waals surface area (Å²) in [5, 5.41) is 5.21. The average molecular weight is 444 g/mol. The van der Waals surface area contributed by atoms with Crippen LogP contribution in [0.15, 0.2) is 94.4 Å². The molecule has 3 aromatic carbocycles. The van der Waals surface area contributed by atoms with Crippen LogP contribution in [0.5, 0.6) is 0 Å². The first-order valence-corrected chi connectivity index (χ1v) is 10.8. The van der Waals surface area contributed by atoms with Crippen molar-refractivity contribution in [2.75, 3.05) is 11.9 Å². The first-order valence-electron chi connectivity index (χ1n) is 10.0. The van der Waals surface area contributed by atoms with Crippen LogP contribution < -0.4 is 10.6 Å². The molecule has 160 valence electrons. The summed E-state index contributed by atoms with van der Waals surface area (Å²) in [6.07, 6.45) is 1.61. The minimum absolute atomic E-state index is 0.140. The fourth-order valence-electron chi connectivity index (χ4n) is 3.12. The van der Waals surface area contributed by atoms with Gasteiger partial charge in [0.2, 0.25) is 5.91 Å². The van der Waals surface area contributed by atoms with E-state index in [0.29, 0.717) is 5.69 Å². The van der Waals surface area contributed by atoms with Crippen LogP contribution in [-0.4, -0.2) is 29.3 Å². The van der Waals surface area contributed by atoms with Crippen LogP contribution in [0.3, 0.4) is 0 Å². The quantitative estimate of drug-likeness (QED) is 0.428. The molecule has 4 amide bonds. The number of urea groups is 1. The standard InChI is InChI=1S/C25H21N3O3S/c1-17-7-11-20(12-8-17)32-21-13-9-18(10-14-21)15-22-24(30)28(25(31)27-22)16-23(29)26-19-5-3-2-4-6-19/h2-15H,16H2,1H3,(H,26,29)(H,27,31)/b22-15-. The first-order chi connectivity index (χ1) is 15.5. The molecular weight excluding hydrogens is 422 g/mol. The molecule has 3 aromatic rings. The lowest BCUT2D eigenvalue weighted by molar-refractivity contribution is -0.127. The SMILES string of the molecule is Cc1ccc(Sc2ccc(/C=C3\NC(=O)N(CC(=O)Nc4ccccc4)C3=O)cc2)cc1. The Morgan fingerprint density at radius 3 is 2.22 bits per heavy atom. The van der Waals surface area contributed by atoms with Crippen LogP contribution in [0.2, 0.25) is 0 Å². The molecule has 6 nitrogen and oxygen atoms in total. The van der Waals surface area contributed by atoms with Crippen molar-refractivity contribution in [2.45, 2.75) is 16.7 Å². The highest BCUT2D eigenvalue weighted by Gasteiger charge is 2.34. The summed E-state index contributed by atoms with van der Waals surface area (Å²) >= 11 is 1.65. The second kappa shape index (κ2) is 9.53. The number of imide groups is 1. The van der Waals surface area contributed by atoms with E-state index in [1.54, 1.807) is 42.1 Å². The number of aryl methyl sites for hydroxylation is 1. The molecule has 0 bridgehead atoms. The summed E-state index contributed by atoms with van der Waals surface area (Å²) < 4.78 is 0. The van der Waals surface area contributed by atoms with Crippen LogP contribution in [0.1, 0.15) is 11.1 Å². The maximum atomic E-state index is 12.6. The Morgan fingerprint density at radius 1 is 0.938 bits per heavy atom. The molecule has 0 spiro atoms. The number of para-hydroxylation sites is 1. The molecule has 32 heavy (non-hydrogen) atoms. The number of hydrogen-bond acceptors (Lipinski definition) is 4. The van der Waals surface area contributed by atoms with E-state index >= 15 is 0 Å². The van der Waals surface area contributed by atoms with Crippen molar-refractivity contribution in [1.82, 2.24) is 10.2 Å². The van der Waals surface area contributed by atoms with Crippen molar-refractivity contribution in [1.29, 1.82) is 0 Å². The highest BCUT2D eigenvalue weighted by atomic mass is 32.2. The van der Waals surface area contributed by atoms with E-state index in [0.717, 1.165) is 20.3 Å². The van der Waals surface area contributed by atoms with Gasteiger partial charge < -0.3 is 10.6 Å². The molecule has 2 N–H and O–H groups in total. The van der Waals surface area contributed by atoms with Gasteiger partial charge in [0.1, 0.15) is 12.2 Å². The van der Waals surface area contributed by atoms with E-state index in [1.165, 1.54) is 5.56 Å². The van der Waals surface area contributed by atoms with Gasteiger partial charge in [-0.3, -0.25) is 9.59 Å². The molecule has 0 unspecified atom stereocenters. The van der Waals surface area contributed by atoms with Gasteiger partial charge in [0.05, 0.1) is 0 Å². The highest BCUT2D eigenvalue weighted by Crippen LogP contribution is 2.28. The molecule has 0 radical (unpaired) electrons. The molecule has 0 aromatic heterocycles. The van der Waals surface area contributed by atoms with Gasteiger partial charge in [-0.25, -0.2) is 9.69 Å². The van der Waals surface area contributed by atoms with Crippen molar-refractivity contribution >= 4 is 41.4 Å². The third kappa shape index (κ3) is 5.25. The number of hydrogen-bond donors (Lipinski definition) is 2. The largest absolute Gasteiger partial charge is 0.329 e. The molecule has 0 saturated carbocycles. The average Bonchev–Trinajstić information content (AvgIpc) is 3.04. The topological polar surface area (TPSA) is 78.5 Å². The Morgan fingerprint density at radius 2 is 1.56 bits per heavy atom. The van der Waals surface area contributed by atoms with Crippen molar-refractivity contribution in [2.24, 2.45) is 0 Å². The molecule has 1 heterocycles. The van der Waals surface area contributed by atoms with Gasteiger partial charge in [-0.15, -0.1) is 0 Å². The molecule has 1 aliphatic heterocycles. The zero-order valence-electron chi connectivity index (χ0n) is 17.4. The molecule has 1 fully saturated rings. The minimum Gasteiger partial charge on any atom is -0.325 e. The molecule has 0 aliphatic carbocycles. The number of nitrogens with zero attached hydrogens (tertiary/aromatic N) is 1. The van der Waals surface area contributed by atoms with E-state index in [9.17, 15) is 14.4 Å². The Labute approximate surface area is 190 Å². The molecule has 1 saturated heterocycles. The predicted octanol–water partition coefficient (Wildman–Crippen LogP) is 4.68. The lowest BCUT2D eigenvalue weighted by atomic mass is 10.2. The summed E-state index contributed by atoms with van der Waals surface area (Å²) in [6.45, 7) is 1.69. The van der Waals surface area contributed by atoms with Gasteiger partial charge in [0, 0.05) is 15.5 Å². The van der Waals surface area contributed by atoms with Gasteiger partial charge in [-0.1, -0.05) is 59.8 Å². The number of nitrogens with one attached hydrogen (secondary N) is 2. The smallest absolute Gasteiger partial charge is 0.325 e. The maximum absolute atomic E-state index is 12.6. The van der Waals surface area contributed by atoms with Crippen molar-refractivity contribution in [3.05, 3.63) is 95.7 Å². The number of carbonyl (C=O) groups is 3. The Bertz CT molecular complexity index is 1170. The van der Waals surface area contributed by atoms with E-state index in [1.807, 2.05) is 30.3 Å². The Hall–Kier alpha value is -3.84. The Balaban J connectivity index is 1.39. The second-order valence-electron chi connectivity index (χ2n) is 7.28. The van der Waals surface area contributed by atoms with Crippen LogP contribution in [0.25, 0.3) is 6.08 Å². The van der Waals surface area contributed by atoms with Gasteiger partial charge >= 0.3 is 6.03 Å². The highest BCUT2D eigenvalue weighted by molar-refractivity contribution is 7.99. The van der Waals surface area contributed by atoms with Crippen LogP contribution in [0.4, 0.5) is 10.5 Å². The van der Waals surface area contributed by atoms with Crippen LogP contribution >= 0.6 is 11.8 Å². The van der Waals surface area contributed by atoms with E-state index < -0.39 is 17.8 Å². The van der Waals surface area contributed by atoms with Gasteiger partial charge in [0.25, 0.3) is 5.91 Å². The van der Waals surface area contributed by atoms with E-state index in [4.69, 9.17) is 0 Å². The third-order valence-electron chi connectivity index (χ3n) is 4.77. The van der Waals surface area contributed by atoms with Crippen molar-refractivity contribution in [3.8, 4) is 0 Å². The lowest BCUT2D eigenvalue weighted by Gasteiger charge is -2.11. The summed E-state index contributed by atoms with van der Waals surface area (Å²) in [6, 6.07) is 24.2. The minimum atomic E-state index is -0.615. The molecule has 4 rings (SSSR count). The second-order valence-corrected chi connectivity index (χ2v) is 8.42. The summed E-state index contributed by atoms with van der Waals surface area (Å²) in [5.41, 5.74) is 2.73. The molecule has 0 atom stereocenters. The first kappa shape index (κ1) is 21.4. The predicted molar refractivity (Wildman–Crippen MR) is 125 cm³/mol. The van der Waals surface area contributed by atoms with Crippen LogP contribution in [-0.2, 0) is 9.59 Å². The van der Waals surface area contributed by atoms with Crippen molar-refractivity contribution in [3.63, 3.8) is 0 Å². The fraction of sp³-hybridized carbons (Fsp3) is 0.0800. The number of rotatable bonds is 6. The zero-order chi connectivity index (χ0) is 22.5. The molecule has 7 heteroatoms. The zero-order valence-corrected chi connectivity index (χ0v) is 18.2. The summed E-state index contributed by atoms with van der Waals surface area (Å²) in [4.78, 5) is 40.2. The van der Waals surface area contributed by atoms with Gasteiger partial charge in [-0.05, 0) is 55.0 Å². The number of amides is 4. The molecular formula is C25H21N3O3S. The number of carbonyl (C=O) groups excluding carboxylic acids is 3. The van der Waals surface area contributed by atoms with Crippen LogP contribution in [0, 0.1) is 6.92 Å². The fourth-order valence-corrected chi connectivity index (χ4v) is 3.94. The normalized spacial score (nSPS) is 14.5. The van der Waals surface area contributed by atoms with Crippen molar-refractivity contribution < 1.29 is 14.4 Å². The summed E-state index contributed by atoms with van der Waals surface area (Å²) in [7, 11) is 0. The lowest BCUT2D eigenvalue weighted by Crippen LogP contribution is -2.38. The Kier molecular flexibility index (Phi) is 6.37. The number of benzene rings is 3. The van der Waals surface area contributed by atoms with Gasteiger partial charge in [-0.2, -0.15) is 0 Å². The third-order valence-corrected chi connectivity index (χ3v) is 5.79. The van der Waals surface area contributed by atoms with E-state index in [2.05, 4.69) is 41.8 Å². The van der Waals surface area contributed by atoms with E-state index in [-0.39, 0.29) is 12.2 Å². The number of anilines is 1. The van der Waals surface area contributed by atoms with Gasteiger partial charge in [0.15, 0.2) is 0 Å². The maximum Gasteiger partial charge on any atom is 0.329 e.